The molecule has 0 fully saturated rings. The van der Waals surface area contributed by atoms with Gasteiger partial charge in [-0.25, -0.2) is 0 Å². The van der Waals surface area contributed by atoms with E-state index in [-0.39, 0.29) is 22.8 Å². The van der Waals surface area contributed by atoms with E-state index < -0.39 is 13.3 Å². The van der Waals surface area contributed by atoms with Crippen LogP contribution in [0.3, 0.4) is 0 Å². The minimum atomic E-state index is -1.51. The molecule has 55 heavy (non-hydrogen) atoms. The number of hydrogen-bond donors (Lipinski definition) is 3. The monoisotopic (exact) mass is 743 g/mol. The molecule has 0 radical (unpaired) electrons. The number of benzene rings is 5. The minimum absolute atomic E-state index is 0.0880. The second-order valence-corrected chi connectivity index (χ2v) is 16.5. The molecule has 0 atom stereocenters. The van der Waals surface area contributed by atoms with E-state index in [4.69, 9.17) is 0 Å². The molecule has 5 aromatic carbocycles. The van der Waals surface area contributed by atoms with Gasteiger partial charge in [0.1, 0.15) is 5.76 Å². The highest BCUT2D eigenvalue weighted by atomic mass is 31.1. The number of carbonyl (C=O) groups is 3. The van der Waals surface area contributed by atoms with Gasteiger partial charge in [0.15, 0.2) is 0 Å². The van der Waals surface area contributed by atoms with Gasteiger partial charge in [0, 0.05) is 40.8 Å². The van der Waals surface area contributed by atoms with Crippen molar-refractivity contribution < 1.29 is 19.5 Å². The Morgan fingerprint density at radius 3 is 1.64 bits per heavy atom. The van der Waals surface area contributed by atoms with Crippen molar-refractivity contribution in [3.05, 3.63) is 184 Å². The number of ketones is 1. The van der Waals surface area contributed by atoms with E-state index in [1.807, 2.05) is 86.7 Å². The van der Waals surface area contributed by atoms with E-state index in [0.717, 1.165) is 44.6 Å². The number of anilines is 4. The van der Waals surface area contributed by atoms with E-state index in [2.05, 4.69) is 77.9 Å². The first kappa shape index (κ1) is 36.9. The van der Waals surface area contributed by atoms with E-state index in [9.17, 15) is 19.5 Å². The van der Waals surface area contributed by atoms with Gasteiger partial charge in [-0.3, -0.25) is 14.4 Å². The highest BCUT2D eigenvalue weighted by Gasteiger charge is 2.39. The third-order valence-corrected chi connectivity index (χ3v) is 12.5. The molecule has 0 unspecified atom stereocenters. The van der Waals surface area contributed by atoms with Crippen LogP contribution >= 0.6 is 7.55 Å². The number of amides is 2. The van der Waals surface area contributed by atoms with Crippen LogP contribution in [0.1, 0.15) is 34.7 Å². The SMILES string of the molecule is CC(=O)NC1=CC(=[PH](c2ccc(C)cc2)c2ccc(C)cc2)C=C/C1=C1\C(=O)C(c2ccc(N(c3ccc(C)cc3)c3ccc(C)cc3)cc2NC=O)=C1O. The molecule has 8 heteroatoms. The van der Waals surface area contributed by atoms with Gasteiger partial charge in [-0.05, 0) is 92.1 Å². The van der Waals surface area contributed by atoms with E-state index >= 15 is 0 Å². The Bertz CT molecular complexity index is 2410. The molecule has 0 saturated heterocycles. The zero-order chi connectivity index (χ0) is 38.8. The number of aliphatic hydroxyl groups is 1. The van der Waals surface area contributed by atoms with Crippen molar-refractivity contribution in [3.63, 3.8) is 0 Å². The molecule has 2 amide bonds. The first-order valence-corrected chi connectivity index (χ1v) is 19.6. The van der Waals surface area contributed by atoms with Crippen LogP contribution in [0.4, 0.5) is 22.7 Å². The molecular formula is C47H42N3O4P. The fourth-order valence-corrected chi connectivity index (χ4v) is 9.50. The molecule has 3 N–H and O–H groups in total. The molecule has 2 aliphatic rings. The molecule has 274 valence electrons. The van der Waals surface area contributed by atoms with Crippen LogP contribution in [0.5, 0.6) is 0 Å². The number of aryl methyl sites for hydroxylation is 4. The number of Topliss-reactive ketones (excluding diaryl/α,β-unsaturated/α-hetero) is 1. The maximum absolute atomic E-state index is 14.1. The summed E-state index contributed by atoms with van der Waals surface area (Å²) in [5.41, 5.74) is 8.97. The highest BCUT2D eigenvalue weighted by Crippen LogP contribution is 2.45. The Hall–Kier alpha value is -6.43. The molecule has 0 spiro atoms. The molecule has 7 nitrogen and oxygen atoms in total. The van der Waals surface area contributed by atoms with Gasteiger partial charge in [-0.1, -0.05) is 115 Å². The Morgan fingerprint density at radius 2 is 1.16 bits per heavy atom. The second kappa shape index (κ2) is 15.5. The van der Waals surface area contributed by atoms with Crippen molar-refractivity contribution in [2.75, 3.05) is 10.2 Å². The van der Waals surface area contributed by atoms with Gasteiger partial charge in [0.2, 0.25) is 18.1 Å². The summed E-state index contributed by atoms with van der Waals surface area (Å²) in [6.07, 6.45) is 6.28. The Balaban J connectivity index is 1.33. The zero-order valence-corrected chi connectivity index (χ0v) is 32.4. The Labute approximate surface area is 322 Å². The van der Waals surface area contributed by atoms with E-state index in [1.165, 1.54) is 17.5 Å². The summed E-state index contributed by atoms with van der Waals surface area (Å²) >= 11 is 0. The summed E-state index contributed by atoms with van der Waals surface area (Å²) in [5, 5.41) is 20.7. The number of nitrogens with zero attached hydrogens (tertiary/aromatic N) is 1. The molecule has 0 aliphatic heterocycles. The van der Waals surface area contributed by atoms with Gasteiger partial charge < -0.3 is 20.6 Å². The smallest absolute Gasteiger partial charge is 0.221 e. The number of hydrogen-bond acceptors (Lipinski definition) is 5. The molecule has 0 heterocycles. The molecule has 7 rings (SSSR count). The van der Waals surface area contributed by atoms with Crippen molar-refractivity contribution in [2.24, 2.45) is 0 Å². The number of aliphatic hydroxyl groups excluding tert-OH is 1. The first-order chi connectivity index (χ1) is 26.5. The summed E-state index contributed by atoms with van der Waals surface area (Å²) in [6, 6.07) is 38.7. The van der Waals surface area contributed by atoms with Crippen molar-refractivity contribution in [2.45, 2.75) is 34.6 Å². The van der Waals surface area contributed by atoms with Gasteiger partial charge in [0.25, 0.3) is 0 Å². The summed E-state index contributed by atoms with van der Waals surface area (Å²) in [5.74, 6) is -0.897. The summed E-state index contributed by atoms with van der Waals surface area (Å²) < 4.78 is 0. The minimum Gasteiger partial charge on any atom is -0.506 e. The van der Waals surface area contributed by atoms with Gasteiger partial charge in [-0.2, -0.15) is 0 Å². The Kier molecular flexibility index (Phi) is 10.4. The second-order valence-electron chi connectivity index (χ2n) is 14.0. The fourth-order valence-electron chi connectivity index (χ4n) is 6.96. The lowest BCUT2D eigenvalue weighted by molar-refractivity contribution is -0.118. The summed E-state index contributed by atoms with van der Waals surface area (Å²) in [4.78, 5) is 40.7. The summed E-state index contributed by atoms with van der Waals surface area (Å²) in [7, 11) is -1.51. The first-order valence-electron chi connectivity index (χ1n) is 18.1. The largest absolute Gasteiger partial charge is 0.506 e. The average Bonchev–Trinajstić information content (AvgIpc) is 3.17. The van der Waals surface area contributed by atoms with Crippen molar-refractivity contribution >= 4 is 69.9 Å². The van der Waals surface area contributed by atoms with Crippen LogP contribution in [-0.4, -0.2) is 28.5 Å². The van der Waals surface area contributed by atoms with Crippen LogP contribution < -0.4 is 26.1 Å². The van der Waals surface area contributed by atoms with Crippen LogP contribution in [0.2, 0.25) is 0 Å². The molecule has 2 aliphatic carbocycles. The fraction of sp³-hybridized carbons (Fsp3) is 0.106. The topological polar surface area (TPSA) is 98.7 Å². The normalized spacial score (nSPS) is 15.1. The number of allylic oxidation sites excluding steroid dienone is 5. The van der Waals surface area contributed by atoms with Crippen molar-refractivity contribution in [1.82, 2.24) is 5.32 Å². The number of nitrogens with one attached hydrogen (secondary N) is 2. The van der Waals surface area contributed by atoms with Crippen LogP contribution in [0, 0.1) is 27.7 Å². The number of rotatable bonds is 9. The molecular weight excluding hydrogens is 702 g/mol. The predicted molar refractivity (Wildman–Crippen MR) is 228 cm³/mol. The quantitative estimate of drug-likeness (QED) is 0.0797. The molecule has 5 aromatic rings. The Morgan fingerprint density at radius 1 is 0.673 bits per heavy atom. The van der Waals surface area contributed by atoms with Gasteiger partial charge in [0.05, 0.1) is 16.8 Å². The van der Waals surface area contributed by atoms with E-state index in [1.54, 1.807) is 12.1 Å². The van der Waals surface area contributed by atoms with Crippen molar-refractivity contribution in [1.29, 1.82) is 0 Å². The van der Waals surface area contributed by atoms with Gasteiger partial charge in [-0.15, -0.1) is 0 Å². The van der Waals surface area contributed by atoms with Crippen LogP contribution in [0.15, 0.2) is 156 Å². The average molecular weight is 744 g/mol. The summed E-state index contributed by atoms with van der Waals surface area (Å²) in [6.45, 7) is 9.61. The van der Waals surface area contributed by atoms with Crippen molar-refractivity contribution in [3.8, 4) is 0 Å². The maximum Gasteiger partial charge on any atom is 0.221 e. The predicted octanol–water partition coefficient (Wildman–Crippen LogP) is 8.73. The van der Waals surface area contributed by atoms with Gasteiger partial charge >= 0.3 is 0 Å². The lowest BCUT2D eigenvalue weighted by atomic mass is 9.79. The third kappa shape index (κ3) is 7.53. The van der Waals surface area contributed by atoms with Crippen LogP contribution in [0.25, 0.3) is 5.57 Å². The third-order valence-electron chi connectivity index (χ3n) is 9.83. The molecule has 0 aromatic heterocycles. The zero-order valence-electron chi connectivity index (χ0n) is 31.4. The lowest BCUT2D eigenvalue weighted by Gasteiger charge is -2.29. The standard InChI is InChI=1S/C47H42N3O4P/c1-29-6-14-34(15-7-29)50(35-16-8-30(2)9-17-35)36-18-24-40(42(26-36)48-28-51)44-46(53)45(47(44)54)41-25-23-39(27-43(41)49-33(5)52)55(37-19-10-31(3)11-20-37)38-21-12-32(4)13-22-38/h6-28,53,55H,1-5H3,(H,48,51)(H,49,52)/b45-41+. The van der Waals surface area contributed by atoms with E-state index in [0.29, 0.717) is 28.9 Å². The molecule has 0 bridgehead atoms. The number of carbonyl (C=O) groups excluding carboxylic acids is 3. The molecule has 0 saturated carbocycles. The van der Waals surface area contributed by atoms with Crippen LogP contribution in [-0.2, 0) is 14.4 Å². The highest BCUT2D eigenvalue weighted by molar-refractivity contribution is 7.74. The maximum atomic E-state index is 14.1. The lowest BCUT2D eigenvalue weighted by Crippen LogP contribution is -2.29.